The van der Waals surface area contributed by atoms with Gasteiger partial charge in [0.15, 0.2) is 0 Å². The minimum absolute atomic E-state index is 0.0964. The average Bonchev–Trinajstić information content (AvgIpc) is 2.73. The van der Waals surface area contributed by atoms with Crippen LogP contribution in [0.15, 0.2) is 54.7 Å². The molecule has 0 fully saturated rings. The molecule has 3 rings (SSSR count). The number of carboxylic acids is 1. The van der Waals surface area contributed by atoms with E-state index < -0.39 is 29.4 Å². The molecule has 0 amide bonds. The average molecular weight is 470 g/mol. The highest BCUT2D eigenvalue weighted by Crippen LogP contribution is 2.36. The Morgan fingerprint density at radius 2 is 1.52 bits per heavy atom. The first-order valence-corrected chi connectivity index (χ1v) is 9.29. The third-order valence-electron chi connectivity index (χ3n) is 4.17. The molecule has 5 nitrogen and oxygen atoms in total. The van der Waals surface area contributed by atoms with Crippen molar-refractivity contribution < 1.29 is 36.2 Å². The lowest BCUT2D eigenvalue weighted by Crippen LogP contribution is -2.11. The Morgan fingerprint density at radius 3 is 1.97 bits per heavy atom. The van der Waals surface area contributed by atoms with Gasteiger partial charge in [0.05, 0.1) is 16.8 Å². The van der Waals surface area contributed by atoms with Gasteiger partial charge < -0.3 is 10.4 Å². The van der Waals surface area contributed by atoms with Gasteiger partial charge in [-0.3, -0.25) is 0 Å². The number of benzene rings is 2. The molecule has 1 heterocycles. The van der Waals surface area contributed by atoms with Crippen LogP contribution in [0.3, 0.4) is 0 Å². The van der Waals surface area contributed by atoms with Crippen molar-refractivity contribution in [3.63, 3.8) is 0 Å². The van der Waals surface area contributed by atoms with E-state index in [0.717, 1.165) is 5.56 Å². The molecule has 33 heavy (non-hydrogen) atoms. The summed E-state index contributed by atoms with van der Waals surface area (Å²) in [5.41, 5.74) is -1.38. The fraction of sp³-hybridized carbons (Fsp3) is 0.227. The summed E-state index contributed by atoms with van der Waals surface area (Å²) in [6.45, 7) is 1.55. The molecule has 0 unspecified atom stereocenters. The highest BCUT2D eigenvalue weighted by atomic mass is 19.4. The van der Waals surface area contributed by atoms with E-state index in [1.807, 2.05) is 30.3 Å². The van der Waals surface area contributed by atoms with Crippen molar-refractivity contribution in [2.45, 2.75) is 25.8 Å². The van der Waals surface area contributed by atoms with Gasteiger partial charge in [-0.1, -0.05) is 35.9 Å². The fourth-order valence-corrected chi connectivity index (χ4v) is 2.74. The molecule has 0 aliphatic rings. The standard InChI is InChI=1S/C12H10N2O2.C10H8F6N/c1-8-13-7-10(12(15)16)11(14-8)9-5-3-2-4-6-9;1-17-5-6-2-7(9(11,12)13)4-8(3-6)10(14,15)16/h2-7H,1H3,(H,15,16);2-4H,5H2,1H3/q;-1. The van der Waals surface area contributed by atoms with Crippen LogP contribution >= 0.6 is 0 Å². The lowest BCUT2D eigenvalue weighted by atomic mass is 10.0. The van der Waals surface area contributed by atoms with E-state index >= 15 is 0 Å². The lowest BCUT2D eigenvalue weighted by molar-refractivity contribution is -0.143. The number of hydrogen-bond acceptors (Lipinski definition) is 3. The molecule has 1 aromatic heterocycles. The molecule has 2 aromatic carbocycles. The fourth-order valence-electron chi connectivity index (χ4n) is 2.74. The van der Waals surface area contributed by atoms with Gasteiger partial charge in [-0.2, -0.15) is 33.4 Å². The van der Waals surface area contributed by atoms with Crippen molar-refractivity contribution in [3.05, 3.63) is 88.1 Å². The summed E-state index contributed by atoms with van der Waals surface area (Å²) in [6, 6.07) is 10.7. The van der Waals surface area contributed by atoms with Gasteiger partial charge in [-0.25, -0.2) is 14.8 Å². The summed E-state index contributed by atoms with van der Waals surface area (Å²) in [6.07, 6.45) is -8.26. The molecule has 0 aliphatic heterocycles. The predicted molar refractivity (Wildman–Crippen MR) is 109 cm³/mol. The first kappa shape index (κ1) is 25.8. The maximum absolute atomic E-state index is 12.4. The van der Waals surface area contributed by atoms with Crippen molar-refractivity contribution in [2.75, 3.05) is 7.05 Å². The van der Waals surface area contributed by atoms with Gasteiger partial charge in [0.1, 0.15) is 11.4 Å². The van der Waals surface area contributed by atoms with Crippen LogP contribution in [0.25, 0.3) is 16.6 Å². The summed E-state index contributed by atoms with van der Waals surface area (Å²) in [5, 5.41) is 12.6. The van der Waals surface area contributed by atoms with Crippen LogP contribution in [0.1, 0.15) is 32.9 Å². The van der Waals surface area contributed by atoms with Crippen LogP contribution < -0.4 is 0 Å². The smallest absolute Gasteiger partial charge is 0.416 e. The van der Waals surface area contributed by atoms with Gasteiger partial charge in [0.2, 0.25) is 0 Å². The van der Waals surface area contributed by atoms with Gasteiger partial charge >= 0.3 is 18.3 Å². The second-order valence-electron chi connectivity index (χ2n) is 6.74. The maximum atomic E-state index is 12.4. The Labute approximate surface area is 185 Å². The molecule has 0 aliphatic carbocycles. The Morgan fingerprint density at radius 1 is 0.970 bits per heavy atom. The van der Waals surface area contributed by atoms with Crippen LogP contribution in [0.5, 0.6) is 0 Å². The third kappa shape index (κ3) is 7.28. The van der Waals surface area contributed by atoms with E-state index in [2.05, 4.69) is 15.3 Å². The summed E-state index contributed by atoms with van der Waals surface area (Å²) >= 11 is 0. The monoisotopic (exact) mass is 470 g/mol. The molecule has 1 N–H and O–H groups in total. The van der Waals surface area contributed by atoms with Crippen molar-refractivity contribution in [2.24, 2.45) is 0 Å². The first-order valence-electron chi connectivity index (χ1n) is 9.29. The largest absolute Gasteiger partial charge is 0.661 e. The van der Waals surface area contributed by atoms with Crippen molar-refractivity contribution in [3.8, 4) is 11.3 Å². The quantitative estimate of drug-likeness (QED) is 0.449. The summed E-state index contributed by atoms with van der Waals surface area (Å²) in [5.74, 6) is -0.456. The Balaban J connectivity index is 0.000000234. The number of hydrogen-bond donors (Lipinski definition) is 1. The minimum Gasteiger partial charge on any atom is -0.661 e. The zero-order chi connectivity index (χ0) is 24.8. The van der Waals surface area contributed by atoms with E-state index in [4.69, 9.17) is 5.11 Å². The summed E-state index contributed by atoms with van der Waals surface area (Å²) in [4.78, 5) is 19.1. The van der Waals surface area contributed by atoms with Crippen LogP contribution in [0, 0.1) is 6.92 Å². The Kier molecular flexibility index (Phi) is 8.15. The summed E-state index contributed by atoms with van der Waals surface area (Å²) in [7, 11) is 1.31. The SMILES string of the molecule is C[N-]Cc1cc(C(F)(F)F)cc(C(F)(F)F)c1.Cc1ncc(C(=O)O)c(-c2ccccc2)n1. The van der Waals surface area contributed by atoms with Crippen molar-refractivity contribution >= 4 is 5.97 Å². The molecule has 0 atom stereocenters. The second kappa shape index (κ2) is 10.4. The van der Waals surface area contributed by atoms with E-state index in [1.165, 1.54) is 13.2 Å². The molecule has 11 heteroatoms. The highest BCUT2D eigenvalue weighted by molar-refractivity contribution is 5.94. The molecule has 0 saturated heterocycles. The van der Waals surface area contributed by atoms with E-state index in [9.17, 15) is 31.1 Å². The molecule has 176 valence electrons. The van der Waals surface area contributed by atoms with Crippen molar-refractivity contribution in [1.29, 1.82) is 0 Å². The van der Waals surface area contributed by atoms with Gasteiger partial charge in [-0.05, 0) is 25.1 Å². The molecule has 0 spiro atoms. The maximum Gasteiger partial charge on any atom is 0.416 e. The highest BCUT2D eigenvalue weighted by Gasteiger charge is 2.36. The Hall–Kier alpha value is -3.47. The normalized spacial score (nSPS) is 11.5. The van der Waals surface area contributed by atoms with Gasteiger partial charge in [0.25, 0.3) is 0 Å². The number of alkyl halides is 6. The number of halogens is 6. The molecule has 0 saturated carbocycles. The van der Waals surface area contributed by atoms with Crippen LogP contribution in [-0.2, 0) is 18.9 Å². The number of nitrogens with zero attached hydrogens (tertiary/aromatic N) is 3. The number of aromatic carboxylic acids is 1. The Bertz CT molecular complexity index is 1070. The minimum atomic E-state index is -4.80. The lowest BCUT2D eigenvalue weighted by Gasteiger charge is -2.17. The molecule has 0 bridgehead atoms. The first-order chi connectivity index (χ1) is 15.3. The van der Waals surface area contributed by atoms with E-state index in [-0.39, 0.29) is 23.7 Å². The van der Waals surface area contributed by atoms with Crippen molar-refractivity contribution in [1.82, 2.24) is 9.97 Å². The molecule has 0 radical (unpaired) electrons. The number of aryl methyl sites for hydroxylation is 1. The van der Waals surface area contributed by atoms with Crippen LogP contribution in [-0.4, -0.2) is 28.1 Å². The van der Waals surface area contributed by atoms with E-state index in [1.54, 1.807) is 6.92 Å². The second-order valence-corrected chi connectivity index (χ2v) is 6.74. The number of rotatable bonds is 4. The zero-order valence-electron chi connectivity index (χ0n) is 17.4. The number of aromatic nitrogens is 2. The molecular formula is C22H18F6N3O2-. The van der Waals surface area contributed by atoms with Crippen LogP contribution in [0.4, 0.5) is 26.3 Å². The summed E-state index contributed by atoms with van der Waals surface area (Å²) < 4.78 is 74.3. The van der Waals surface area contributed by atoms with Gasteiger partial charge in [0, 0.05) is 11.8 Å². The topological polar surface area (TPSA) is 77.2 Å². The number of carbonyl (C=O) groups is 1. The van der Waals surface area contributed by atoms with Gasteiger partial charge in [-0.15, -0.1) is 6.54 Å². The molecular weight excluding hydrogens is 452 g/mol. The third-order valence-corrected chi connectivity index (χ3v) is 4.17. The van der Waals surface area contributed by atoms with E-state index in [0.29, 0.717) is 23.7 Å². The molecule has 3 aromatic rings. The van der Waals surface area contributed by atoms with Crippen LogP contribution in [0.2, 0.25) is 0 Å². The number of carboxylic acid groups (broad SMARTS) is 1. The zero-order valence-corrected chi connectivity index (χ0v) is 17.4. The predicted octanol–water partition coefficient (Wildman–Crippen LogP) is 6.38.